The highest BCUT2D eigenvalue weighted by atomic mass is 32.2. The quantitative estimate of drug-likeness (QED) is 0.620. The molecule has 0 bridgehead atoms. The van der Waals surface area contributed by atoms with Crippen molar-refractivity contribution in [2.24, 2.45) is 5.73 Å². The minimum Gasteiger partial charge on any atom is -0.465 e. The Hall–Kier alpha value is -1.00. The molecular formula is C16H25NO2S. The molecule has 0 aliphatic rings. The topological polar surface area (TPSA) is 52.3 Å². The Kier molecular flexibility index (Phi) is 6.56. The molecule has 0 fully saturated rings. The van der Waals surface area contributed by atoms with Gasteiger partial charge in [-0.2, -0.15) is 11.8 Å². The Bertz CT molecular complexity index is 438. The Labute approximate surface area is 126 Å². The van der Waals surface area contributed by atoms with Crippen LogP contribution in [0.15, 0.2) is 18.2 Å². The zero-order valence-electron chi connectivity index (χ0n) is 12.9. The molecule has 2 N–H and O–H groups in total. The summed E-state index contributed by atoms with van der Waals surface area (Å²) in [6, 6.07) is 6.58. The first-order valence-electron chi connectivity index (χ1n) is 6.96. The number of esters is 1. The molecule has 1 unspecified atom stereocenters. The van der Waals surface area contributed by atoms with Crippen molar-refractivity contribution in [3.63, 3.8) is 0 Å². The van der Waals surface area contributed by atoms with Crippen LogP contribution in [-0.2, 0) is 15.3 Å². The first-order valence-corrected chi connectivity index (χ1v) is 8.11. The summed E-state index contributed by atoms with van der Waals surface area (Å²) in [5, 5.41) is 0. The lowest BCUT2D eigenvalue weighted by molar-refractivity contribution is -0.149. The minimum absolute atomic E-state index is 0.313. The number of nitrogens with two attached hydrogens (primary N) is 1. The van der Waals surface area contributed by atoms with Gasteiger partial charge in [0.25, 0.3) is 0 Å². The van der Waals surface area contributed by atoms with E-state index in [9.17, 15) is 4.79 Å². The summed E-state index contributed by atoms with van der Waals surface area (Å²) in [5.41, 5.74) is 9.00. The molecule has 1 atom stereocenters. The molecule has 1 aromatic rings. The molecule has 0 radical (unpaired) electrons. The number of aryl methyl sites for hydroxylation is 2. The second-order valence-electron chi connectivity index (χ2n) is 5.44. The zero-order chi connectivity index (χ0) is 15.2. The van der Waals surface area contributed by atoms with Gasteiger partial charge >= 0.3 is 5.97 Å². The first kappa shape index (κ1) is 17.1. The van der Waals surface area contributed by atoms with E-state index in [-0.39, 0.29) is 5.97 Å². The molecule has 3 nitrogen and oxygen atoms in total. The van der Waals surface area contributed by atoms with E-state index in [1.54, 1.807) is 25.6 Å². The number of benzene rings is 1. The maximum absolute atomic E-state index is 11.7. The van der Waals surface area contributed by atoms with Crippen molar-refractivity contribution in [2.45, 2.75) is 45.4 Å². The Morgan fingerprint density at radius 3 is 2.45 bits per heavy atom. The van der Waals surface area contributed by atoms with Crippen molar-refractivity contribution < 1.29 is 9.53 Å². The number of carbonyl (C=O) groups excluding carboxylic acids is 1. The van der Waals surface area contributed by atoms with Crippen molar-refractivity contribution in [3.05, 3.63) is 34.9 Å². The maximum Gasteiger partial charge on any atom is 0.325 e. The van der Waals surface area contributed by atoms with Crippen LogP contribution in [0.3, 0.4) is 0 Å². The van der Waals surface area contributed by atoms with Gasteiger partial charge in [0.05, 0.1) is 6.61 Å². The molecule has 1 aromatic carbocycles. The molecule has 0 saturated heterocycles. The van der Waals surface area contributed by atoms with Gasteiger partial charge in [-0.25, -0.2) is 0 Å². The van der Waals surface area contributed by atoms with Gasteiger partial charge in [0.2, 0.25) is 0 Å². The molecule has 0 spiro atoms. The molecule has 0 saturated carbocycles. The lowest BCUT2D eigenvalue weighted by Gasteiger charge is -2.21. The van der Waals surface area contributed by atoms with E-state index in [0.29, 0.717) is 13.0 Å². The van der Waals surface area contributed by atoms with Crippen LogP contribution in [0.25, 0.3) is 0 Å². The molecule has 1 rings (SSSR count). The van der Waals surface area contributed by atoms with Crippen LogP contribution in [0.2, 0.25) is 0 Å². The predicted octanol–water partition coefficient (Wildman–Crippen LogP) is 3.21. The Balaban J connectivity index is 2.39. The highest BCUT2D eigenvalue weighted by Gasteiger charge is 2.29. The number of hydrogen-bond donors (Lipinski definition) is 1. The lowest BCUT2D eigenvalue weighted by atomic mass is 10.0. The van der Waals surface area contributed by atoms with Gasteiger partial charge < -0.3 is 10.5 Å². The van der Waals surface area contributed by atoms with E-state index in [1.165, 1.54) is 16.7 Å². The minimum atomic E-state index is -0.883. The monoisotopic (exact) mass is 295 g/mol. The third-order valence-corrected chi connectivity index (χ3v) is 4.09. The standard InChI is InChI=1S/C16H25NO2S/c1-5-19-15(18)16(4,17)6-7-20-11-14-9-12(2)8-13(3)10-14/h8-10H,5-7,11,17H2,1-4H3. The maximum atomic E-state index is 11.7. The summed E-state index contributed by atoms with van der Waals surface area (Å²) in [6.07, 6.45) is 0.626. The fourth-order valence-electron chi connectivity index (χ4n) is 2.02. The van der Waals surface area contributed by atoms with Crippen molar-refractivity contribution >= 4 is 17.7 Å². The van der Waals surface area contributed by atoms with Crippen molar-refractivity contribution in [2.75, 3.05) is 12.4 Å². The average Bonchev–Trinajstić information content (AvgIpc) is 2.34. The number of thioether (sulfide) groups is 1. The molecule has 4 heteroatoms. The smallest absolute Gasteiger partial charge is 0.325 e. The SMILES string of the molecule is CCOC(=O)C(C)(N)CCSCc1cc(C)cc(C)c1. The van der Waals surface area contributed by atoms with Crippen LogP contribution in [-0.4, -0.2) is 23.9 Å². The molecule has 112 valence electrons. The van der Waals surface area contributed by atoms with Crippen molar-refractivity contribution in [1.29, 1.82) is 0 Å². The number of ether oxygens (including phenoxy) is 1. The first-order chi connectivity index (χ1) is 9.35. The van der Waals surface area contributed by atoms with E-state index in [2.05, 4.69) is 32.0 Å². The molecule has 0 aliphatic carbocycles. The van der Waals surface area contributed by atoms with Crippen LogP contribution in [0.5, 0.6) is 0 Å². The lowest BCUT2D eigenvalue weighted by Crippen LogP contribution is -2.46. The van der Waals surface area contributed by atoms with E-state index in [0.717, 1.165) is 11.5 Å². The van der Waals surface area contributed by atoms with Gasteiger partial charge in [-0.3, -0.25) is 4.79 Å². The normalized spacial score (nSPS) is 13.8. The number of carbonyl (C=O) groups is 1. The summed E-state index contributed by atoms with van der Waals surface area (Å²) in [7, 11) is 0. The third-order valence-electron chi connectivity index (χ3n) is 3.06. The van der Waals surface area contributed by atoms with Crippen molar-refractivity contribution in [1.82, 2.24) is 0 Å². The summed E-state index contributed by atoms with van der Waals surface area (Å²) in [4.78, 5) is 11.7. The van der Waals surface area contributed by atoms with Gasteiger partial charge in [0, 0.05) is 5.75 Å². The second kappa shape index (κ2) is 7.70. The van der Waals surface area contributed by atoms with E-state index in [1.807, 2.05) is 0 Å². The molecule has 20 heavy (non-hydrogen) atoms. The van der Waals surface area contributed by atoms with Crippen LogP contribution >= 0.6 is 11.8 Å². The molecular weight excluding hydrogens is 270 g/mol. The van der Waals surface area contributed by atoms with Crippen LogP contribution in [0.1, 0.15) is 37.0 Å². The number of hydrogen-bond acceptors (Lipinski definition) is 4. The predicted molar refractivity (Wildman–Crippen MR) is 85.9 cm³/mol. The third kappa shape index (κ3) is 5.55. The molecule has 0 aromatic heterocycles. The van der Waals surface area contributed by atoms with Crippen molar-refractivity contribution in [3.8, 4) is 0 Å². The van der Waals surface area contributed by atoms with E-state index >= 15 is 0 Å². The van der Waals surface area contributed by atoms with Crippen LogP contribution in [0.4, 0.5) is 0 Å². The Morgan fingerprint density at radius 2 is 1.90 bits per heavy atom. The summed E-state index contributed by atoms with van der Waals surface area (Å²) in [6.45, 7) is 8.13. The molecule has 0 aliphatic heterocycles. The second-order valence-corrected chi connectivity index (χ2v) is 6.54. The van der Waals surface area contributed by atoms with Gasteiger partial charge in [0.1, 0.15) is 5.54 Å². The average molecular weight is 295 g/mol. The fourth-order valence-corrected chi connectivity index (χ4v) is 3.14. The molecule has 0 amide bonds. The Morgan fingerprint density at radius 1 is 1.30 bits per heavy atom. The largest absolute Gasteiger partial charge is 0.465 e. The summed E-state index contributed by atoms with van der Waals surface area (Å²) < 4.78 is 4.98. The highest BCUT2D eigenvalue weighted by Crippen LogP contribution is 2.19. The highest BCUT2D eigenvalue weighted by molar-refractivity contribution is 7.98. The van der Waals surface area contributed by atoms with Gasteiger partial charge in [-0.05, 0) is 45.4 Å². The molecule has 0 heterocycles. The van der Waals surface area contributed by atoms with E-state index in [4.69, 9.17) is 10.5 Å². The van der Waals surface area contributed by atoms with Gasteiger partial charge in [-0.1, -0.05) is 29.3 Å². The van der Waals surface area contributed by atoms with E-state index < -0.39 is 5.54 Å². The zero-order valence-corrected chi connectivity index (χ0v) is 13.7. The number of rotatable bonds is 7. The van der Waals surface area contributed by atoms with Gasteiger partial charge in [0.15, 0.2) is 0 Å². The van der Waals surface area contributed by atoms with Gasteiger partial charge in [-0.15, -0.1) is 0 Å². The van der Waals surface area contributed by atoms with Crippen LogP contribution < -0.4 is 5.73 Å². The fraction of sp³-hybridized carbons (Fsp3) is 0.562. The summed E-state index contributed by atoms with van der Waals surface area (Å²) >= 11 is 1.80. The van der Waals surface area contributed by atoms with Crippen LogP contribution in [0, 0.1) is 13.8 Å². The summed E-state index contributed by atoms with van der Waals surface area (Å²) in [5.74, 6) is 1.48.